The van der Waals surface area contributed by atoms with Crippen LogP contribution in [-0.2, 0) is 6.61 Å². The third-order valence-electron chi connectivity index (χ3n) is 22.3. The average molecular weight is 1550 g/mol. The number of hydrogen-bond acceptors (Lipinski definition) is 6. The Morgan fingerprint density at radius 3 is 1.04 bits per heavy atom. The highest BCUT2D eigenvalue weighted by atomic mass is 16.3. The third kappa shape index (κ3) is 19.1. The summed E-state index contributed by atoms with van der Waals surface area (Å²) in [6.45, 7) is 23.1. The van der Waals surface area contributed by atoms with Crippen molar-refractivity contribution in [3.8, 4) is 0 Å². The van der Waals surface area contributed by atoms with E-state index in [0.717, 1.165) is 108 Å². The van der Waals surface area contributed by atoms with E-state index in [1.165, 1.54) is 106 Å². The van der Waals surface area contributed by atoms with Gasteiger partial charge in [0.25, 0.3) is 0 Å². The Balaban J connectivity index is 0.000000186. The zero-order valence-electron chi connectivity index (χ0n) is 69.8. The fourth-order valence-corrected chi connectivity index (χ4v) is 15.5. The molecule has 119 heavy (non-hydrogen) atoms. The maximum atomic E-state index is 10.4. The van der Waals surface area contributed by atoms with Crippen molar-refractivity contribution >= 4 is 108 Å². The molecule has 6 heteroatoms. The maximum absolute atomic E-state index is 10.4. The molecule has 1 N–H and O–H groups in total. The van der Waals surface area contributed by atoms with Crippen molar-refractivity contribution in [2.24, 2.45) is 0 Å². The number of aryl methyl sites for hydroxylation is 8. The van der Waals surface area contributed by atoms with Crippen LogP contribution in [-0.4, -0.2) is 28.2 Å². The van der Waals surface area contributed by atoms with Gasteiger partial charge in [0.15, 0.2) is 0 Å². The van der Waals surface area contributed by atoms with E-state index < -0.39 is 0 Å². The Morgan fingerprint density at radius 2 is 0.647 bits per heavy atom. The lowest BCUT2D eigenvalue weighted by atomic mass is 9.93. The number of hydrogen-bond donors (Lipinski definition) is 1. The van der Waals surface area contributed by atoms with Crippen molar-refractivity contribution in [3.05, 3.63) is 481 Å². The summed E-state index contributed by atoms with van der Waals surface area (Å²) in [5, 5.41) is 14.9. The monoisotopic (exact) mass is 1540 g/mol. The van der Waals surface area contributed by atoms with Gasteiger partial charge in [-0.3, -0.25) is 9.97 Å². The first-order chi connectivity index (χ1) is 58.1. The number of benzene rings is 14. The van der Waals surface area contributed by atoms with E-state index in [0.29, 0.717) is 0 Å². The number of aliphatic hydroxyl groups excluding tert-OH is 1. The molecule has 0 aliphatic heterocycles. The molecule has 0 radical (unpaired) electrons. The predicted octanol–water partition coefficient (Wildman–Crippen LogP) is 29.1. The van der Waals surface area contributed by atoms with Crippen molar-refractivity contribution in [1.82, 2.24) is 9.97 Å². The normalized spacial score (nSPS) is 11.1. The van der Waals surface area contributed by atoms with E-state index in [1.54, 1.807) is 0 Å². The molecule has 6 nitrogen and oxygen atoms in total. The van der Waals surface area contributed by atoms with E-state index in [1.807, 2.05) is 44.4 Å². The third-order valence-corrected chi connectivity index (χ3v) is 22.3. The first-order valence-electron chi connectivity index (χ1n) is 41.3. The fraction of sp³-hybridized carbons (Fsp3) is 0.115. The lowest BCUT2D eigenvalue weighted by molar-refractivity contribution is 0.282. The maximum Gasteiger partial charge on any atom is 0.0682 e. The van der Waals surface area contributed by atoms with Gasteiger partial charge in [0.2, 0.25) is 0 Å². The molecule has 0 saturated carbocycles. The fourth-order valence-electron chi connectivity index (χ4n) is 15.5. The van der Waals surface area contributed by atoms with Crippen LogP contribution in [0.15, 0.2) is 364 Å². The number of aromatic nitrogens is 2. The van der Waals surface area contributed by atoms with Crippen molar-refractivity contribution in [2.75, 3.05) is 27.8 Å². The molecule has 0 spiro atoms. The van der Waals surface area contributed by atoms with Gasteiger partial charge in [-0.05, 0) is 273 Å². The van der Waals surface area contributed by atoms with Crippen molar-refractivity contribution in [1.29, 1.82) is 0 Å². The predicted molar refractivity (Wildman–Crippen MR) is 509 cm³/mol. The molecule has 0 atom stereocenters. The number of aliphatic hydroxyl groups is 1. The van der Waals surface area contributed by atoms with Gasteiger partial charge < -0.3 is 19.8 Å². The van der Waals surface area contributed by atoms with Gasteiger partial charge in [-0.15, -0.1) is 0 Å². The van der Waals surface area contributed by atoms with Crippen molar-refractivity contribution in [2.45, 2.75) is 75.8 Å². The standard InChI is InChI=1S/C59H54N2.C54H47N3O/c1-6-60(7-2)54-38-39-56-58(42-54)49(19-14-20-55(47-15-10-8-11-16-47)48-17-12-9-13-18-48)33-40-59(56)61(52-34-25-45(5)26-35-52)53-36-27-46(28-37-53)41-57(50-29-21-43(3)22-30-50)51-31-23-44(4)24-32-51;1-36-6-17-43(18-7-36)51(44-19-8-37(2)9-20-44)30-41-14-26-49(27-15-41)57(48-24-10-38(3)11-25-48)54-29-23-45(50-28-16-42(35-58)31-53(50)54)32-52(46-21-12-39(4)55-33-46)47-22-13-40(5)56-34-47/h8-42H,6-7H2,1-5H3;6-34,58H,35H2,1-5H3/b19-14+;. The molecule has 584 valence electrons. The van der Waals surface area contributed by atoms with Crippen molar-refractivity contribution in [3.63, 3.8) is 0 Å². The van der Waals surface area contributed by atoms with Gasteiger partial charge in [0, 0.05) is 87.2 Å². The molecular formula is C113H101N5O. The number of rotatable bonds is 23. The number of pyridine rings is 2. The Hall–Kier alpha value is -14.0. The molecule has 2 heterocycles. The average Bonchev–Trinajstić information content (AvgIpc) is 0.767. The molecule has 16 rings (SSSR count). The summed E-state index contributed by atoms with van der Waals surface area (Å²) in [7, 11) is 0. The summed E-state index contributed by atoms with van der Waals surface area (Å²) in [4.78, 5) is 16.4. The second-order valence-corrected chi connectivity index (χ2v) is 31.0. The van der Waals surface area contributed by atoms with Gasteiger partial charge in [0.05, 0.1) is 18.0 Å². The summed E-state index contributed by atoms with van der Waals surface area (Å²) in [6.07, 6.45) is 17.4. The summed E-state index contributed by atoms with van der Waals surface area (Å²) < 4.78 is 0. The highest BCUT2D eigenvalue weighted by molar-refractivity contribution is 6.07. The summed E-state index contributed by atoms with van der Waals surface area (Å²) in [5.41, 5.74) is 36.2. The van der Waals surface area contributed by atoms with Crippen LogP contribution in [0.25, 0.3) is 68.1 Å². The lowest BCUT2D eigenvalue weighted by Gasteiger charge is -2.28. The second kappa shape index (κ2) is 37.3. The van der Waals surface area contributed by atoms with Crippen LogP contribution < -0.4 is 14.7 Å². The van der Waals surface area contributed by atoms with Gasteiger partial charge in [0.1, 0.15) is 0 Å². The van der Waals surface area contributed by atoms with Crippen LogP contribution in [0.1, 0.15) is 131 Å². The van der Waals surface area contributed by atoms with Gasteiger partial charge in [-0.25, -0.2) is 0 Å². The lowest BCUT2D eigenvalue weighted by Crippen LogP contribution is -2.21. The molecule has 16 aromatic rings. The molecule has 0 amide bonds. The molecule has 0 aliphatic carbocycles. The van der Waals surface area contributed by atoms with Crippen LogP contribution in [0.3, 0.4) is 0 Å². The minimum Gasteiger partial charge on any atom is -0.392 e. The van der Waals surface area contributed by atoms with Gasteiger partial charge in [-0.2, -0.15) is 0 Å². The smallest absolute Gasteiger partial charge is 0.0682 e. The molecule has 0 bridgehead atoms. The molecule has 0 aliphatic rings. The highest BCUT2D eigenvalue weighted by Crippen LogP contribution is 2.45. The molecule has 14 aromatic carbocycles. The van der Waals surface area contributed by atoms with Crippen LogP contribution in [0.5, 0.6) is 0 Å². The molecular weight excluding hydrogens is 1440 g/mol. The second-order valence-electron chi connectivity index (χ2n) is 31.0. The van der Waals surface area contributed by atoms with Crippen LogP contribution in [0.2, 0.25) is 0 Å². The van der Waals surface area contributed by atoms with Crippen LogP contribution >= 0.6 is 0 Å². The Morgan fingerprint density at radius 1 is 0.294 bits per heavy atom. The first kappa shape index (κ1) is 80.2. The zero-order chi connectivity index (χ0) is 82.3. The van der Waals surface area contributed by atoms with E-state index in [9.17, 15) is 5.11 Å². The van der Waals surface area contributed by atoms with E-state index in [-0.39, 0.29) is 6.61 Å². The number of anilines is 7. The first-order valence-corrected chi connectivity index (χ1v) is 41.3. The molecule has 0 unspecified atom stereocenters. The number of allylic oxidation sites excluding steroid dienone is 2. The Bertz CT molecular complexity index is 6140. The Labute approximate surface area is 703 Å². The number of fused-ring (bicyclic) bond motifs is 2. The molecule has 2 aromatic heterocycles. The quantitative estimate of drug-likeness (QED) is 0.0509. The minimum absolute atomic E-state index is 0.0549. The van der Waals surface area contributed by atoms with E-state index >= 15 is 0 Å². The topological polar surface area (TPSA) is 55.7 Å². The van der Waals surface area contributed by atoms with Crippen molar-refractivity contribution < 1.29 is 5.11 Å². The Kier molecular flexibility index (Phi) is 25.1. The van der Waals surface area contributed by atoms with E-state index in [2.05, 4.69) is 438 Å². The summed E-state index contributed by atoms with van der Waals surface area (Å²) in [5.74, 6) is 0. The summed E-state index contributed by atoms with van der Waals surface area (Å²) >= 11 is 0. The zero-order valence-corrected chi connectivity index (χ0v) is 69.8. The van der Waals surface area contributed by atoms with Gasteiger partial charge in [-0.1, -0.05) is 300 Å². The van der Waals surface area contributed by atoms with Crippen LogP contribution in [0, 0.1) is 55.4 Å². The van der Waals surface area contributed by atoms with Gasteiger partial charge >= 0.3 is 0 Å². The molecule has 0 fully saturated rings. The summed E-state index contributed by atoms with van der Waals surface area (Å²) in [6, 6.07) is 122. The highest BCUT2D eigenvalue weighted by Gasteiger charge is 2.22. The number of nitrogens with zero attached hydrogens (tertiary/aromatic N) is 5. The van der Waals surface area contributed by atoms with Crippen LogP contribution in [0.4, 0.5) is 39.8 Å². The molecule has 0 saturated heterocycles. The largest absolute Gasteiger partial charge is 0.392 e. The van der Waals surface area contributed by atoms with E-state index in [4.69, 9.17) is 0 Å². The SMILES string of the molecule is CCN(CC)c1ccc2c(N(c3ccc(C)cc3)c3ccc(C=C(c4ccc(C)cc4)c4ccc(C)cc4)cc3)ccc(/C=C/C=C(c3ccccc3)c3ccccc3)c2c1.Cc1ccc(C(=Cc2ccc(N(c3ccc(C)cc3)c3ccc(C=C(c4ccc(C)nc4)c4ccc(C)nc4)c4ccc(CO)cc34)cc2)c2ccc(C)cc2)cc1. The minimum atomic E-state index is -0.0549.